The number of benzene rings is 1. The predicted molar refractivity (Wildman–Crippen MR) is 78.4 cm³/mol. The first-order valence-corrected chi connectivity index (χ1v) is 7.21. The molecule has 1 aliphatic heterocycles. The number of aliphatic hydroxyl groups is 1. The van der Waals surface area contributed by atoms with E-state index in [0.717, 1.165) is 6.08 Å². The van der Waals surface area contributed by atoms with Crippen LogP contribution < -0.4 is 5.32 Å². The zero-order valence-corrected chi connectivity index (χ0v) is 12.9. The maximum Gasteiger partial charge on any atom is 0.260 e. The van der Waals surface area contributed by atoms with Gasteiger partial charge in [0.05, 0.1) is 20.8 Å². The highest BCUT2D eigenvalue weighted by Crippen LogP contribution is 2.39. The van der Waals surface area contributed by atoms with Crippen molar-refractivity contribution in [1.29, 1.82) is 0 Å². The van der Waals surface area contributed by atoms with Crippen molar-refractivity contribution in [3.8, 4) is 5.75 Å². The molecule has 6 nitrogen and oxygen atoms in total. The molecule has 1 aromatic carbocycles. The zero-order valence-electron chi connectivity index (χ0n) is 10.6. The third kappa shape index (κ3) is 2.47. The Morgan fingerprint density at radius 1 is 1.27 bits per heavy atom. The van der Waals surface area contributed by atoms with Crippen LogP contribution in [-0.4, -0.2) is 40.2 Å². The van der Waals surface area contributed by atoms with E-state index in [1.165, 1.54) is 6.07 Å². The van der Waals surface area contributed by atoms with E-state index in [-0.39, 0.29) is 32.1 Å². The molecule has 1 fully saturated rings. The second-order valence-corrected chi connectivity index (χ2v) is 5.99. The van der Waals surface area contributed by atoms with Crippen LogP contribution in [-0.2, 0) is 9.53 Å². The molecular weight excluding hydrogens is 357 g/mol. The summed E-state index contributed by atoms with van der Waals surface area (Å²) in [5.74, 6) is -1.76. The van der Waals surface area contributed by atoms with E-state index in [1.54, 1.807) is 0 Å². The number of halogens is 3. The lowest BCUT2D eigenvalue weighted by Crippen LogP contribution is -2.37. The molecule has 3 N–H and O–H groups in total. The third-order valence-electron chi connectivity index (χ3n) is 3.36. The van der Waals surface area contributed by atoms with Crippen LogP contribution in [0.2, 0.25) is 15.1 Å². The number of nitrogens with one attached hydrogen (secondary N) is 1. The second kappa shape index (κ2) is 5.40. The number of epoxide rings is 1. The molecule has 3 atom stereocenters. The van der Waals surface area contributed by atoms with E-state index < -0.39 is 30.0 Å². The Bertz CT molecular complexity index is 707. The number of carbonyl (C=O) groups excluding carboxylic acids is 2. The van der Waals surface area contributed by atoms with E-state index in [9.17, 15) is 19.8 Å². The fraction of sp³-hybridized carbons (Fsp3) is 0.231. The lowest BCUT2D eigenvalue weighted by Gasteiger charge is -2.18. The Labute approximate surface area is 139 Å². The van der Waals surface area contributed by atoms with Crippen LogP contribution in [0.1, 0.15) is 10.4 Å². The maximum atomic E-state index is 12.3. The zero-order chi connectivity index (χ0) is 16.2. The van der Waals surface area contributed by atoms with Gasteiger partial charge in [-0.25, -0.2) is 0 Å². The average Bonchev–Trinajstić information content (AvgIpc) is 3.24. The smallest absolute Gasteiger partial charge is 0.260 e. The number of hydrogen-bond donors (Lipinski definition) is 3. The van der Waals surface area contributed by atoms with Crippen molar-refractivity contribution in [2.24, 2.45) is 0 Å². The van der Waals surface area contributed by atoms with Gasteiger partial charge in [0.25, 0.3) is 5.91 Å². The lowest BCUT2D eigenvalue weighted by molar-refractivity contribution is -0.116. The molecule has 1 aromatic rings. The molecule has 1 aliphatic carbocycles. The minimum absolute atomic E-state index is 0.0190. The van der Waals surface area contributed by atoms with Gasteiger partial charge in [0.1, 0.15) is 29.6 Å². The highest BCUT2D eigenvalue weighted by molar-refractivity contribution is 6.45. The predicted octanol–water partition coefficient (Wildman–Crippen LogP) is 1.68. The number of rotatable bonds is 2. The minimum atomic E-state index is -1.15. The number of ketones is 1. The fourth-order valence-electron chi connectivity index (χ4n) is 2.19. The molecule has 9 heteroatoms. The molecule has 0 saturated carbocycles. The fourth-order valence-corrected chi connectivity index (χ4v) is 2.88. The van der Waals surface area contributed by atoms with Crippen LogP contribution in [0.5, 0.6) is 5.75 Å². The van der Waals surface area contributed by atoms with Crippen molar-refractivity contribution in [3.63, 3.8) is 0 Å². The summed E-state index contributed by atoms with van der Waals surface area (Å²) >= 11 is 17.5. The van der Waals surface area contributed by atoms with Gasteiger partial charge in [-0.2, -0.15) is 0 Å². The molecule has 3 unspecified atom stereocenters. The first-order valence-electron chi connectivity index (χ1n) is 6.08. The van der Waals surface area contributed by atoms with Gasteiger partial charge in [0.2, 0.25) is 0 Å². The molecule has 0 bridgehead atoms. The first-order chi connectivity index (χ1) is 10.3. The number of amides is 1. The topological polar surface area (TPSA) is 99.2 Å². The number of ether oxygens (including phenoxy) is 1. The second-order valence-electron chi connectivity index (χ2n) is 4.80. The van der Waals surface area contributed by atoms with Gasteiger partial charge in [-0.3, -0.25) is 9.59 Å². The highest BCUT2D eigenvalue weighted by Gasteiger charge is 2.53. The summed E-state index contributed by atoms with van der Waals surface area (Å²) in [6.07, 6.45) is -1.40. The van der Waals surface area contributed by atoms with Gasteiger partial charge < -0.3 is 20.3 Å². The third-order valence-corrected chi connectivity index (χ3v) is 4.44. The maximum absolute atomic E-state index is 12.3. The van der Waals surface area contributed by atoms with Crippen molar-refractivity contribution in [2.45, 2.75) is 18.3 Å². The van der Waals surface area contributed by atoms with Gasteiger partial charge in [-0.15, -0.1) is 0 Å². The Morgan fingerprint density at radius 2 is 1.95 bits per heavy atom. The van der Waals surface area contributed by atoms with E-state index in [1.807, 2.05) is 0 Å². The summed E-state index contributed by atoms with van der Waals surface area (Å²) in [6, 6.07) is 1.19. The summed E-state index contributed by atoms with van der Waals surface area (Å²) in [5.41, 5.74) is -0.390. The number of carbonyl (C=O) groups is 2. The van der Waals surface area contributed by atoms with Crippen LogP contribution in [0.15, 0.2) is 17.8 Å². The number of phenolic OH excluding ortho intramolecular Hbond substituents is 1. The van der Waals surface area contributed by atoms with E-state index in [4.69, 9.17) is 39.5 Å². The molecule has 1 heterocycles. The van der Waals surface area contributed by atoms with Gasteiger partial charge in [-0.1, -0.05) is 34.8 Å². The number of phenols is 1. The normalized spacial score (nSPS) is 26.3. The molecule has 3 rings (SSSR count). The largest absolute Gasteiger partial charge is 0.505 e. The van der Waals surface area contributed by atoms with Crippen molar-refractivity contribution >= 4 is 46.5 Å². The van der Waals surface area contributed by atoms with E-state index in [0.29, 0.717) is 0 Å². The minimum Gasteiger partial charge on any atom is -0.505 e. The van der Waals surface area contributed by atoms with Crippen LogP contribution in [0, 0.1) is 0 Å². The molecule has 116 valence electrons. The summed E-state index contributed by atoms with van der Waals surface area (Å²) in [7, 11) is 0. The van der Waals surface area contributed by atoms with Crippen LogP contribution in [0.25, 0.3) is 0 Å². The quantitative estimate of drug-likeness (QED) is 0.548. The molecule has 22 heavy (non-hydrogen) atoms. The first kappa shape index (κ1) is 15.6. The summed E-state index contributed by atoms with van der Waals surface area (Å²) < 4.78 is 4.98. The average molecular weight is 365 g/mol. The molecule has 0 aromatic heterocycles. The molecule has 2 aliphatic rings. The van der Waals surface area contributed by atoms with Crippen molar-refractivity contribution < 1.29 is 24.5 Å². The Balaban J connectivity index is 1.91. The summed E-state index contributed by atoms with van der Waals surface area (Å²) in [6.45, 7) is 0. The van der Waals surface area contributed by atoms with Crippen LogP contribution >= 0.6 is 34.8 Å². The molecule has 1 amide bonds. The van der Waals surface area contributed by atoms with Crippen LogP contribution in [0.4, 0.5) is 0 Å². The number of hydrogen-bond acceptors (Lipinski definition) is 5. The van der Waals surface area contributed by atoms with Crippen molar-refractivity contribution in [1.82, 2.24) is 5.32 Å². The Morgan fingerprint density at radius 3 is 2.64 bits per heavy atom. The number of aromatic hydroxyl groups is 1. The van der Waals surface area contributed by atoms with Crippen molar-refractivity contribution in [2.75, 3.05) is 0 Å². The van der Waals surface area contributed by atoms with Gasteiger partial charge >= 0.3 is 0 Å². The van der Waals surface area contributed by atoms with Gasteiger partial charge in [0, 0.05) is 6.08 Å². The lowest BCUT2D eigenvalue weighted by atomic mass is 10.0. The van der Waals surface area contributed by atoms with E-state index in [2.05, 4.69) is 5.32 Å². The molecule has 1 saturated heterocycles. The van der Waals surface area contributed by atoms with E-state index >= 15 is 0 Å². The number of aliphatic hydroxyl groups excluding tert-OH is 1. The van der Waals surface area contributed by atoms with Gasteiger partial charge in [-0.05, 0) is 6.07 Å². The SMILES string of the molecule is O=C(NC1=CC(=O)C2OC2C1O)c1c(O)c(Cl)cc(Cl)c1Cl. The van der Waals surface area contributed by atoms with Crippen LogP contribution in [0.3, 0.4) is 0 Å². The molecule has 0 radical (unpaired) electrons. The Hall–Kier alpha value is -1.31. The van der Waals surface area contributed by atoms with Crippen molar-refractivity contribution in [3.05, 3.63) is 38.5 Å². The monoisotopic (exact) mass is 363 g/mol. The Kier molecular flexibility index (Phi) is 3.82. The number of fused-ring (bicyclic) bond motifs is 1. The summed E-state index contributed by atoms with van der Waals surface area (Å²) in [5, 5.41) is 21.8. The summed E-state index contributed by atoms with van der Waals surface area (Å²) in [4.78, 5) is 23.8. The van der Waals surface area contributed by atoms with Gasteiger partial charge in [0.15, 0.2) is 5.78 Å². The molecule has 0 spiro atoms. The molecular formula is C13H8Cl3NO5. The standard InChI is InChI=1S/C13H8Cl3NO5/c14-3-1-4(15)9(19)7(8(3)16)13(21)17-5-2-6(18)11-12(22-11)10(5)20/h1-2,10-12,19-20H,(H,17,21). The highest BCUT2D eigenvalue weighted by atomic mass is 35.5.